The molecule has 2 fully saturated rings. The molecule has 0 aliphatic heterocycles. The number of hydrogen-bond donors (Lipinski definition) is 3. The third kappa shape index (κ3) is 8.34. The van der Waals surface area contributed by atoms with Crippen LogP contribution < -0.4 is 10.6 Å². The Bertz CT molecular complexity index is 351. The minimum atomic E-state index is 0. The topological polar surface area (TPSA) is 65.9 Å². The molecular weight excluding hydrogens is 417 g/mol. The molecule has 0 aromatic carbocycles. The number of rotatable bonds is 10. The molecule has 0 amide bonds. The summed E-state index contributed by atoms with van der Waals surface area (Å²) in [6.07, 6.45) is 9.81. The SMILES string of the molecule is CCNC(=NCC1(CCO)CCCCC1)NCCOCC1CC1.I. The molecule has 0 bridgehead atoms. The Morgan fingerprint density at radius 3 is 2.58 bits per heavy atom. The highest BCUT2D eigenvalue weighted by atomic mass is 127. The van der Waals surface area contributed by atoms with Crippen LogP contribution in [0.15, 0.2) is 4.99 Å². The zero-order valence-electron chi connectivity index (χ0n) is 15.2. The molecule has 2 aliphatic rings. The second kappa shape index (κ2) is 12.3. The average Bonchev–Trinajstić information content (AvgIpc) is 3.38. The van der Waals surface area contributed by atoms with Crippen molar-refractivity contribution in [3.05, 3.63) is 0 Å². The number of nitrogens with one attached hydrogen (secondary N) is 2. The Morgan fingerprint density at radius 2 is 1.96 bits per heavy atom. The average molecular weight is 453 g/mol. The van der Waals surface area contributed by atoms with Crippen molar-refractivity contribution in [2.45, 2.75) is 58.3 Å². The first-order valence-corrected chi connectivity index (χ1v) is 9.49. The Labute approximate surface area is 164 Å². The van der Waals surface area contributed by atoms with Gasteiger partial charge in [-0.1, -0.05) is 19.3 Å². The number of hydrogen-bond acceptors (Lipinski definition) is 3. The highest BCUT2D eigenvalue weighted by Gasteiger charge is 2.31. The van der Waals surface area contributed by atoms with Gasteiger partial charge < -0.3 is 20.5 Å². The molecule has 0 heterocycles. The van der Waals surface area contributed by atoms with Gasteiger partial charge in [-0.15, -0.1) is 24.0 Å². The largest absolute Gasteiger partial charge is 0.396 e. The number of halogens is 1. The number of aliphatic imine (C=N–C) groups is 1. The van der Waals surface area contributed by atoms with Crippen molar-refractivity contribution in [2.75, 3.05) is 39.5 Å². The molecule has 5 nitrogen and oxygen atoms in total. The van der Waals surface area contributed by atoms with E-state index in [0.717, 1.165) is 51.1 Å². The molecular formula is C18H36IN3O2. The van der Waals surface area contributed by atoms with Gasteiger partial charge in [0.1, 0.15) is 0 Å². The lowest BCUT2D eigenvalue weighted by Crippen LogP contribution is -2.40. The van der Waals surface area contributed by atoms with Crippen molar-refractivity contribution in [1.29, 1.82) is 0 Å². The predicted molar refractivity (Wildman–Crippen MR) is 110 cm³/mol. The van der Waals surface area contributed by atoms with E-state index in [0.29, 0.717) is 0 Å². The second-order valence-electron chi connectivity index (χ2n) is 7.17. The normalized spacial score (nSPS) is 20.3. The second-order valence-corrected chi connectivity index (χ2v) is 7.17. The Morgan fingerprint density at radius 1 is 1.21 bits per heavy atom. The highest BCUT2D eigenvalue weighted by Crippen LogP contribution is 2.39. The van der Waals surface area contributed by atoms with Gasteiger partial charge in [0.15, 0.2) is 5.96 Å². The van der Waals surface area contributed by atoms with E-state index in [1.807, 2.05) is 0 Å². The van der Waals surface area contributed by atoms with E-state index in [2.05, 4.69) is 17.6 Å². The lowest BCUT2D eigenvalue weighted by molar-refractivity contribution is 0.128. The minimum absolute atomic E-state index is 0. The fourth-order valence-electron chi connectivity index (χ4n) is 3.39. The first-order chi connectivity index (χ1) is 11.3. The fraction of sp³-hybridized carbons (Fsp3) is 0.944. The van der Waals surface area contributed by atoms with E-state index in [1.54, 1.807) is 0 Å². The van der Waals surface area contributed by atoms with E-state index in [-0.39, 0.29) is 36.0 Å². The summed E-state index contributed by atoms with van der Waals surface area (Å²) in [6.45, 7) is 6.48. The monoisotopic (exact) mass is 453 g/mol. The predicted octanol–water partition coefficient (Wildman–Crippen LogP) is 2.92. The van der Waals surface area contributed by atoms with E-state index in [4.69, 9.17) is 9.73 Å². The Balaban J connectivity index is 0.00000288. The third-order valence-electron chi connectivity index (χ3n) is 5.06. The minimum Gasteiger partial charge on any atom is -0.396 e. The molecule has 0 spiro atoms. The molecule has 0 radical (unpaired) electrons. The highest BCUT2D eigenvalue weighted by molar-refractivity contribution is 14.0. The van der Waals surface area contributed by atoms with E-state index in [9.17, 15) is 5.11 Å². The Kier molecular flexibility index (Phi) is 11.3. The summed E-state index contributed by atoms with van der Waals surface area (Å²) >= 11 is 0. The molecule has 6 heteroatoms. The molecule has 24 heavy (non-hydrogen) atoms. The van der Waals surface area contributed by atoms with Crippen molar-refractivity contribution in [2.24, 2.45) is 16.3 Å². The summed E-state index contributed by atoms with van der Waals surface area (Å²) in [4.78, 5) is 4.80. The third-order valence-corrected chi connectivity index (χ3v) is 5.06. The van der Waals surface area contributed by atoms with Gasteiger partial charge >= 0.3 is 0 Å². The van der Waals surface area contributed by atoms with E-state index >= 15 is 0 Å². The molecule has 0 aromatic rings. The number of aliphatic hydroxyl groups excluding tert-OH is 1. The first kappa shape index (κ1) is 22.0. The maximum atomic E-state index is 9.41. The van der Waals surface area contributed by atoms with Gasteiger partial charge in [0, 0.05) is 32.8 Å². The van der Waals surface area contributed by atoms with Crippen molar-refractivity contribution < 1.29 is 9.84 Å². The molecule has 2 rings (SSSR count). The van der Waals surface area contributed by atoms with Crippen LogP contribution in [-0.4, -0.2) is 50.5 Å². The van der Waals surface area contributed by atoms with E-state index < -0.39 is 0 Å². The summed E-state index contributed by atoms with van der Waals surface area (Å²) in [5.74, 6) is 1.70. The van der Waals surface area contributed by atoms with Crippen molar-refractivity contribution >= 4 is 29.9 Å². The quantitative estimate of drug-likeness (QED) is 0.206. The lowest BCUT2D eigenvalue weighted by atomic mass is 9.72. The zero-order valence-corrected chi connectivity index (χ0v) is 17.5. The van der Waals surface area contributed by atoms with Gasteiger partial charge in [0.25, 0.3) is 0 Å². The van der Waals surface area contributed by atoms with Crippen LogP contribution >= 0.6 is 24.0 Å². The smallest absolute Gasteiger partial charge is 0.191 e. The van der Waals surface area contributed by atoms with Gasteiger partial charge in [0.2, 0.25) is 0 Å². The lowest BCUT2D eigenvalue weighted by Gasteiger charge is -2.35. The summed E-state index contributed by atoms with van der Waals surface area (Å²) in [5, 5.41) is 16.1. The van der Waals surface area contributed by atoms with E-state index in [1.165, 1.54) is 44.9 Å². The van der Waals surface area contributed by atoms with Crippen molar-refractivity contribution in [3.63, 3.8) is 0 Å². The molecule has 0 saturated heterocycles. The van der Waals surface area contributed by atoms with Crippen LogP contribution in [0.5, 0.6) is 0 Å². The Hall–Kier alpha value is -0.0800. The van der Waals surface area contributed by atoms with Gasteiger partial charge in [0.05, 0.1) is 6.61 Å². The summed E-state index contributed by atoms with van der Waals surface area (Å²) in [6, 6.07) is 0. The van der Waals surface area contributed by atoms with Crippen LogP contribution in [0.1, 0.15) is 58.3 Å². The van der Waals surface area contributed by atoms with Crippen LogP contribution in [-0.2, 0) is 4.74 Å². The summed E-state index contributed by atoms with van der Waals surface area (Å²) in [7, 11) is 0. The summed E-state index contributed by atoms with van der Waals surface area (Å²) < 4.78 is 5.66. The molecule has 3 N–H and O–H groups in total. The molecule has 2 aliphatic carbocycles. The molecule has 0 atom stereocenters. The molecule has 0 aromatic heterocycles. The van der Waals surface area contributed by atoms with Crippen LogP contribution in [0.4, 0.5) is 0 Å². The molecule has 142 valence electrons. The maximum Gasteiger partial charge on any atom is 0.191 e. The van der Waals surface area contributed by atoms with Crippen molar-refractivity contribution in [3.8, 4) is 0 Å². The van der Waals surface area contributed by atoms with Gasteiger partial charge in [-0.05, 0) is 50.4 Å². The maximum absolute atomic E-state index is 9.41. The molecule has 0 unspecified atom stereocenters. The van der Waals surface area contributed by atoms with Crippen LogP contribution in [0.25, 0.3) is 0 Å². The van der Waals surface area contributed by atoms with Crippen LogP contribution in [0, 0.1) is 11.3 Å². The number of ether oxygens (including phenoxy) is 1. The number of nitrogens with zero attached hydrogens (tertiary/aromatic N) is 1. The zero-order chi connectivity index (χ0) is 16.4. The van der Waals surface area contributed by atoms with Gasteiger partial charge in [-0.2, -0.15) is 0 Å². The number of aliphatic hydroxyl groups is 1. The van der Waals surface area contributed by atoms with Crippen LogP contribution in [0.2, 0.25) is 0 Å². The summed E-state index contributed by atoms with van der Waals surface area (Å²) in [5.41, 5.74) is 0.206. The van der Waals surface area contributed by atoms with Crippen molar-refractivity contribution in [1.82, 2.24) is 10.6 Å². The number of guanidine groups is 1. The van der Waals surface area contributed by atoms with Gasteiger partial charge in [-0.3, -0.25) is 4.99 Å². The molecule has 2 saturated carbocycles. The standard InChI is InChI=1S/C18H35N3O2.HI/c1-2-19-17(20-11-13-23-14-16-6-7-16)21-15-18(10-12-22)8-4-3-5-9-18;/h16,22H,2-15H2,1H3,(H2,19,20,21);1H. The van der Waals surface area contributed by atoms with Crippen LogP contribution in [0.3, 0.4) is 0 Å². The fourth-order valence-corrected chi connectivity index (χ4v) is 3.39. The van der Waals surface area contributed by atoms with Gasteiger partial charge in [-0.25, -0.2) is 0 Å². The first-order valence-electron chi connectivity index (χ1n) is 9.49.